The van der Waals surface area contributed by atoms with E-state index in [-0.39, 0.29) is 24.2 Å². The molecule has 0 spiro atoms. The van der Waals surface area contributed by atoms with Gasteiger partial charge in [-0.05, 0) is 69.4 Å². The van der Waals surface area contributed by atoms with E-state index >= 15 is 0 Å². The van der Waals surface area contributed by atoms with Gasteiger partial charge in [-0.1, -0.05) is 0 Å². The molecule has 1 aliphatic carbocycles. The number of carbonyl (C=O) groups excluding carboxylic acids is 2. The predicted octanol–water partition coefficient (Wildman–Crippen LogP) is 5.52. The molecule has 3 aromatic rings. The van der Waals surface area contributed by atoms with Crippen LogP contribution < -0.4 is 10.1 Å². The lowest BCUT2D eigenvalue weighted by Crippen LogP contribution is -2.17. The second-order valence-electron chi connectivity index (χ2n) is 8.13. The van der Waals surface area contributed by atoms with E-state index in [0.29, 0.717) is 22.1 Å². The van der Waals surface area contributed by atoms with E-state index in [9.17, 15) is 19.7 Å². The molecule has 0 radical (unpaired) electrons. The van der Waals surface area contributed by atoms with Gasteiger partial charge in [0.1, 0.15) is 23.1 Å². The van der Waals surface area contributed by atoms with Gasteiger partial charge in [-0.3, -0.25) is 14.9 Å². The summed E-state index contributed by atoms with van der Waals surface area (Å²) in [6.07, 6.45) is 3.45. The minimum atomic E-state index is -0.487. The van der Waals surface area contributed by atoms with E-state index in [1.165, 1.54) is 41.7 Å². The zero-order valence-corrected chi connectivity index (χ0v) is 19.6. The third-order valence-corrected chi connectivity index (χ3v) is 6.47. The summed E-state index contributed by atoms with van der Waals surface area (Å²) in [5.41, 5.74) is 1.38. The van der Waals surface area contributed by atoms with Gasteiger partial charge in [-0.15, -0.1) is 11.3 Å². The Hall–Kier alpha value is -3.66. The number of thiophene rings is 1. The molecule has 2 heterocycles. The average molecular weight is 485 g/mol. The number of furan rings is 1. The summed E-state index contributed by atoms with van der Waals surface area (Å²) in [7, 11) is 0. The van der Waals surface area contributed by atoms with Crippen LogP contribution in [0.5, 0.6) is 5.75 Å². The fourth-order valence-corrected chi connectivity index (χ4v) is 4.98. The van der Waals surface area contributed by atoms with Gasteiger partial charge in [0.15, 0.2) is 5.76 Å². The molecular weight excluding hydrogens is 460 g/mol. The molecule has 1 N–H and O–H groups in total. The van der Waals surface area contributed by atoms with Crippen LogP contribution in [0, 0.1) is 10.1 Å². The number of rotatable bonds is 8. The maximum Gasteiger partial charge on any atom is 0.341 e. The highest BCUT2D eigenvalue weighted by atomic mass is 32.1. The van der Waals surface area contributed by atoms with Crippen molar-refractivity contribution < 1.29 is 28.4 Å². The number of ether oxygens (including phenoxy) is 2. The minimum Gasteiger partial charge on any atom is -0.486 e. The van der Waals surface area contributed by atoms with E-state index in [0.717, 1.165) is 36.1 Å². The lowest BCUT2D eigenvalue weighted by Gasteiger charge is -2.14. The molecule has 34 heavy (non-hydrogen) atoms. The number of anilines is 1. The molecule has 9 nitrogen and oxygen atoms in total. The molecule has 10 heteroatoms. The van der Waals surface area contributed by atoms with Crippen LogP contribution >= 0.6 is 11.3 Å². The van der Waals surface area contributed by atoms with Crippen LogP contribution in [0.25, 0.3) is 0 Å². The Balaban J connectivity index is 1.45. The molecule has 0 saturated heterocycles. The second-order valence-corrected chi connectivity index (χ2v) is 9.23. The van der Waals surface area contributed by atoms with Gasteiger partial charge in [-0.25, -0.2) is 4.79 Å². The lowest BCUT2D eigenvalue weighted by atomic mass is 9.95. The zero-order chi connectivity index (χ0) is 24.2. The van der Waals surface area contributed by atoms with E-state index in [4.69, 9.17) is 13.9 Å². The van der Waals surface area contributed by atoms with Crippen LogP contribution in [0.3, 0.4) is 0 Å². The van der Waals surface area contributed by atoms with Gasteiger partial charge in [0.05, 0.1) is 16.6 Å². The van der Waals surface area contributed by atoms with Gasteiger partial charge in [0.25, 0.3) is 11.6 Å². The number of esters is 1. The molecule has 1 aliphatic rings. The first-order chi connectivity index (χ1) is 16.3. The number of hydrogen-bond acceptors (Lipinski definition) is 8. The number of aryl methyl sites for hydroxylation is 1. The Morgan fingerprint density at radius 2 is 1.88 bits per heavy atom. The highest BCUT2D eigenvalue weighted by Gasteiger charge is 2.28. The largest absolute Gasteiger partial charge is 0.486 e. The number of nitro benzene ring substituents is 1. The highest BCUT2D eigenvalue weighted by Crippen LogP contribution is 2.39. The number of amides is 1. The third-order valence-electron chi connectivity index (χ3n) is 5.26. The number of nitrogens with zero attached hydrogens (tertiary/aromatic N) is 1. The number of nitro groups is 1. The molecular formula is C24H24N2O7S. The summed E-state index contributed by atoms with van der Waals surface area (Å²) >= 11 is 1.41. The van der Waals surface area contributed by atoms with Crippen molar-refractivity contribution in [2.24, 2.45) is 0 Å². The molecule has 0 aliphatic heterocycles. The van der Waals surface area contributed by atoms with E-state index in [1.807, 2.05) is 0 Å². The quantitative estimate of drug-likeness (QED) is 0.254. The summed E-state index contributed by atoms with van der Waals surface area (Å²) in [5, 5.41) is 14.0. The molecule has 4 rings (SSSR count). The Kier molecular flexibility index (Phi) is 6.97. The monoisotopic (exact) mass is 484 g/mol. The van der Waals surface area contributed by atoms with Gasteiger partial charge >= 0.3 is 5.97 Å². The van der Waals surface area contributed by atoms with Crippen molar-refractivity contribution in [1.29, 1.82) is 0 Å². The van der Waals surface area contributed by atoms with Crippen LogP contribution in [0.4, 0.5) is 10.7 Å². The maximum absolute atomic E-state index is 12.9. The van der Waals surface area contributed by atoms with Crippen molar-refractivity contribution in [1.82, 2.24) is 0 Å². The van der Waals surface area contributed by atoms with Crippen molar-refractivity contribution in [3.63, 3.8) is 0 Å². The number of non-ortho nitro benzene ring substituents is 1. The first-order valence-electron chi connectivity index (χ1n) is 10.9. The van der Waals surface area contributed by atoms with E-state index in [2.05, 4.69) is 5.32 Å². The molecule has 0 bridgehead atoms. The standard InChI is InChI=1S/C24H24N2O7S/c1-14(2)32-24(28)21-18-5-3-4-6-20(18)34-23(21)25-22(27)19-12-11-17(33-19)13-31-16-9-7-15(8-10-16)26(29)30/h7-12,14H,3-6,13H2,1-2H3,(H,25,27). The van der Waals surface area contributed by atoms with Crippen LogP contribution in [-0.2, 0) is 24.2 Å². The zero-order valence-electron chi connectivity index (χ0n) is 18.8. The third kappa shape index (κ3) is 5.28. The van der Waals surface area contributed by atoms with Gasteiger partial charge in [-0.2, -0.15) is 0 Å². The Morgan fingerprint density at radius 3 is 2.59 bits per heavy atom. The first kappa shape index (κ1) is 23.5. The minimum absolute atomic E-state index is 0.0313. The number of benzene rings is 1. The van der Waals surface area contributed by atoms with Gasteiger partial charge in [0.2, 0.25) is 0 Å². The average Bonchev–Trinajstić information content (AvgIpc) is 3.42. The van der Waals surface area contributed by atoms with Crippen molar-refractivity contribution in [2.45, 2.75) is 52.2 Å². The topological polar surface area (TPSA) is 121 Å². The molecule has 1 aromatic carbocycles. The summed E-state index contributed by atoms with van der Waals surface area (Å²) in [6.45, 7) is 3.63. The Bertz CT molecular complexity index is 1210. The maximum atomic E-state index is 12.9. The predicted molar refractivity (Wildman–Crippen MR) is 126 cm³/mol. The number of nitrogens with one attached hydrogen (secondary N) is 1. The molecule has 1 amide bonds. The molecule has 0 unspecified atom stereocenters. The van der Waals surface area contributed by atoms with E-state index < -0.39 is 16.8 Å². The van der Waals surface area contributed by atoms with Crippen molar-refractivity contribution in [2.75, 3.05) is 5.32 Å². The molecule has 0 atom stereocenters. The SMILES string of the molecule is CC(C)OC(=O)c1c(NC(=O)c2ccc(COc3ccc([N+](=O)[O-])cc3)o2)sc2c1CCCC2. The fourth-order valence-electron chi connectivity index (χ4n) is 3.70. The van der Waals surface area contributed by atoms with Crippen LogP contribution in [0.15, 0.2) is 40.8 Å². The van der Waals surface area contributed by atoms with Crippen LogP contribution in [-0.4, -0.2) is 22.9 Å². The number of fused-ring (bicyclic) bond motifs is 1. The second kappa shape index (κ2) is 10.1. The molecule has 0 saturated carbocycles. The van der Waals surface area contributed by atoms with Crippen molar-refractivity contribution in [3.05, 3.63) is 74.0 Å². The van der Waals surface area contributed by atoms with Crippen molar-refractivity contribution in [3.8, 4) is 5.75 Å². The number of hydrogen-bond donors (Lipinski definition) is 1. The van der Waals surface area contributed by atoms with Gasteiger partial charge in [0, 0.05) is 17.0 Å². The first-order valence-corrected chi connectivity index (χ1v) is 11.8. The van der Waals surface area contributed by atoms with Crippen LogP contribution in [0.1, 0.15) is 63.8 Å². The Morgan fingerprint density at radius 1 is 1.15 bits per heavy atom. The lowest BCUT2D eigenvalue weighted by molar-refractivity contribution is -0.384. The molecule has 0 fully saturated rings. The Labute approximate surface area is 199 Å². The van der Waals surface area contributed by atoms with E-state index in [1.54, 1.807) is 19.9 Å². The van der Waals surface area contributed by atoms with Crippen LogP contribution in [0.2, 0.25) is 0 Å². The fraction of sp³-hybridized carbons (Fsp3) is 0.333. The molecule has 178 valence electrons. The highest BCUT2D eigenvalue weighted by molar-refractivity contribution is 7.17. The normalized spacial score (nSPS) is 12.8. The summed E-state index contributed by atoms with van der Waals surface area (Å²) < 4.78 is 16.6. The van der Waals surface area contributed by atoms with Gasteiger partial charge < -0.3 is 19.2 Å². The summed E-state index contributed by atoms with van der Waals surface area (Å²) in [5.74, 6) is 0.0239. The summed E-state index contributed by atoms with van der Waals surface area (Å²) in [6, 6.07) is 8.82. The summed E-state index contributed by atoms with van der Waals surface area (Å²) in [4.78, 5) is 37.0. The smallest absolute Gasteiger partial charge is 0.341 e. The molecule has 2 aromatic heterocycles. The van der Waals surface area contributed by atoms with Crippen molar-refractivity contribution >= 4 is 33.9 Å². The number of carbonyl (C=O) groups is 2.